The summed E-state index contributed by atoms with van der Waals surface area (Å²) in [5.74, 6) is 0.632. The fourth-order valence-corrected chi connectivity index (χ4v) is 4.71. The summed E-state index contributed by atoms with van der Waals surface area (Å²) in [5, 5.41) is 5.98. The highest BCUT2D eigenvalue weighted by molar-refractivity contribution is 7.09. The zero-order valence-corrected chi connectivity index (χ0v) is 17.6. The smallest absolute Gasteiger partial charge is 0.270 e. The van der Waals surface area contributed by atoms with Gasteiger partial charge in [0.25, 0.3) is 5.91 Å². The minimum atomic E-state index is -0.145. The number of rotatable bonds is 7. The Morgan fingerprint density at radius 3 is 2.83 bits per heavy atom. The molecule has 0 atom stereocenters. The first-order valence-electron chi connectivity index (χ1n) is 9.95. The van der Waals surface area contributed by atoms with Crippen LogP contribution >= 0.6 is 11.3 Å². The van der Waals surface area contributed by atoms with Gasteiger partial charge in [-0.25, -0.2) is 0 Å². The number of nitrogens with one attached hydrogen (secondary N) is 1. The van der Waals surface area contributed by atoms with Gasteiger partial charge in [-0.15, -0.1) is 11.3 Å². The quantitative estimate of drug-likeness (QED) is 0.643. The van der Waals surface area contributed by atoms with E-state index in [2.05, 4.69) is 11.4 Å². The number of hydrogen-bond acceptors (Lipinski definition) is 4. The van der Waals surface area contributed by atoms with Gasteiger partial charge in [-0.1, -0.05) is 6.07 Å². The maximum atomic E-state index is 13.3. The van der Waals surface area contributed by atoms with Crippen molar-refractivity contribution in [2.75, 3.05) is 25.1 Å². The molecule has 2 aromatic heterocycles. The summed E-state index contributed by atoms with van der Waals surface area (Å²) in [6, 6.07) is 9.86. The van der Waals surface area contributed by atoms with Crippen molar-refractivity contribution in [1.29, 1.82) is 0 Å². The van der Waals surface area contributed by atoms with Gasteiger partial charge in [0.15, 0.2) is 0 Å². The molecule has 29 heavy (non-hydrogen) atoms. The van der Waals surface area contributed by atoms with Crippen molar-refractivity contribution in [1.82, 2.24) is 9.88 Å². The van der Waals surface area contributed by atoms with Crippen LogP contribution in [0.1, 0.15) is 35.1 Å². The van der Waals surface area contributed by atoms with Crippen LogP contribution in [0.5, 0.6) is 5.75 Å². The van der Waals surface area contributed by atoms with E-state index < -0.39 is 0 Å². The fraction of sp³-hybridized carbons (Fsp3) is 0.364. The lowest BCUT2D eigenvalue weighted by atomic mass is 10.2. The molecule has 1 aliphatic heterocycles. The molecule has 6 nitrogen and oxygen atoms in total. The molecule has 3 heterocycles. The number of thiophene rings is 1. The lowest BCUT2D eigenvalue weighted by Gasteiger charge is -2.18. The molecule has 1 aliphatic rings. The van der Waals surface area contributed by atoms with Crippen molar-refractivity contribution >= 4 is 39.7 Å². The van der Waals surface area contributed by atoms with E-state index in [0.29, 0.717) is 43.2 Å². The summed E-state index contributed by atoms with van der Waals surface area (Å²) in [4.78, 5) is 28.8. The molecule has 0 aliphatic carbocycles. The zero-order valence-electron chi connectivity index (χ0n) is 16.7. The Balaban J connectivity index is 1.75. The summed E-state index contributed by atoms with van der Waals surface area (Å²) in [6.45, 7) is 3.84. The maximum absolute atomic E-state index is 13.3. The van der Waals surface area contributed by atoms with Crippen LogP contribution in [0.15, 0.2) is 35.7 Å². The van der Waals surface area contributed by atoms with Gasteiger partial charge in [-0.2, -0.15) is 0 Å². The molecule has 152 valence electrons. The lowest BCUT2D eigenvalue weighted by Crippen LogP contribution is -2.31. The van der Waals surface area contributed by atoms with Crippen molar-refractivity contribution in [3.63, 3.8) is 0 Å². The molecular formula is C22H25N3O3S. The van der Waals surface area contributed by atoms with Crippen molar-refractivity contribution in [3.05, 3.63) is 46.3 Å². The second-order valence-electron chi connectivity index (χ2n) is 7.06. The van der Waals surface area contributed by atoms with Crippen LogP contribution in [-0.2, 0) is 17.8 Å². The van der Waals surface area contributed by atoms with Gasteiger partial charge in [0.1, 0.15) is 11.4 Å². The summed E-state index contributed by atoms with van der Waals surface area (Å²) in [5.41, 5.74) is 2.19. The van der Waals surface area contributed by atoms with Crippen LogP contribution < -0.4 is 15.0 Å². The van der Waals surface area contributed by atoms with Gasteiger partial charge >= 0.3 is 0 Å². The molecule has 0 radical (unpaired) electrons. The number of aromatic nitrogens is 1. The SMILES string of the molecule is CCn1c(C(=O)NCCc2cccs2)c(N2CCCC2=O)c2cc(OC)ccc21. The number of benzene rings is 1. The Morgan fingerprint density at radius 2 is 2.17 bits per heavy atom. The number of ether oxygens (including phenoxy) is 1. The Kier molecular flexibility index (Phi) is 5.58. The van der Waals surface area contributed by atoms with Crippen molar-refractivity contribution in [2.24, 2.45) is 0 Å². The first-order chi connectivity index (χ1) is 14.1. The maximum Gasteiger partial charge on any atom is 0.270 e. The third kappa shape index (κ3) is 3.62. The van der Waals surface area contributed by atoms with E-state index in [1.807, 2.05) is 41.1 Å². The second-order valence-corrected chi connectivity index (χ2v) is 8.09. The number of hydrogen-bond donors (Lipinski definition) is 1. The summed E-state index contributed by atoms with van der Waals surface area (Å²) < 4.78 is 7.40. The Bertz CT molecular complexity index is 1040. The topological polar surface area (TPSA) is 63.6 Å². The Labute approximate surface area is 174 Å². The van der Waals surface area contributed by atoms with Gasteiger partial charge in [-0.3, -0.25) is 9.59 Å². The Morgan fingerprint density at radius 1 is 1.31 bits per heavy atom. The molecule has 1 N–H and O–H groups in total. The molecule has 1 aromatic carbocycles. The summed E-state index contributed by atoms with van der Waals surface area (Å²) in [6.07, 6.45) is 2.12. The van der Waals surface area contributed by atoms with E-state index in [0.717, 1.165) is 23.7 Å². The first kappa shape index (κ1) is 19.5. The zero-order chi connectivity index (χ0) is 20.4. The molecule has 4 rings (SSSR count). The third-order valence-corrected chi connectivity index (χ3v) is 6.29. The monoisotopic (exact) mass is 411 g/mol. The van der Waals surface area contributed by atoms with E-state index >= 15 is 0 Å². The van der Waals surface area contributed by atoms with Crippen LogP contribution in [0.25, 0.3) is 10.9 Å². The predicted octanol–water partition coefficient (Wildman–Crippen LogP) is 3.83. The van der Waals surface area contributed by atoms with Crippen LogP contribution in [0.4, 0.5) is 5.69 Å². The number of aryl methyl sites for hydroxylation is 1. The number of amides is 2. The molecule has 3 aromatic rings. The molecule has 0 unspecified atom stereocenters. The molecule has 1 saturated heterocycles. The number of methoxy groups -OCH3 is 1. The molecule has 0 bridgehead atoms. The number of nitrogens with zero attached hydrogens (tertiary/aromatic N) is 2. The van der Waals surface area contributed by atoms with Gasteiger partial charge in [-0.05, 0) is 49.4 Å². The van der Waals surface area contributed by atoms with Crippen LogP contribution in [0.2, 0.25) is 0 Å². The molecule has 1 fully saturated rings. The molecule has 0 saturated carbocycles. The summed E-state index contributed by atoms with van der Waals surface area (Å²) in [7, 11) is 1.62. The van der Waals surface area contributed by atoms with E-state index in [9.17, 15) is 9.59 Å². The van der Waals surface area contributed by atoms with Crippen LogP contribution in [0.3, 0.4) is 0 Å². The Hall–Kier alpha value is -2.80. The molecule has 7 heteroatoms. The average Bonchev–Trinajstić information content (AvgIpc) is 3.45. The molecule has 2 amide bonds. The first-order valence-corrected chi connectivity index (χ1v) is 10.8. The highest BCUT2D eigenvalue weighted by atomic mass is 32.1. The largest absolute Gasteiger partial charge is 0.497 e. The number of carbonyl (C=O) groups excluding carboxylic acids is 2. The lowest BCUT2D eigenvalue weighted by molar-refractivity contribution is -0.117. The van der Waals surface area contributed by atoms with Crippen molar-refractivity contribution in [2.45, 2.75) is 32.7 Å². The molecule has 0 spiro atoms. The number of anilines is 1. The number of carbonyl (C=O) groups is 2. The van der Waals surface area contributed by atoms with E-state index in [4.69, 9.17) is 4.74 Å². The van der Waals surface area contributed by atoms with Crippen LogP contribution in [-0.4, -0.2) is 36.6 Å². The van der Waals surface area contributed by atoms with Crippen LogP contribution in [0, 0.1) is 0 Å². The fourth-order valence-electron chi connectivity index (χ4n) is 4.00. The minimum absolute atomic E-state index is 0.0654. The van der Waals surface area contributed by atoms with Gasteiger partial charge in [0.2, 0.25) is 5.91 Å². The standard InChI is InChI=1S/C22H25N3O3S/c1-3-24-18-9-8-15(28-2)14-17(18)20(25-12-4-7-19(25)26)21(24)22(27)23-11-10-16-6-5-13-29-16/h5-6,8-9,13-14H,3-4,7,10-12H2,1-2H3,(H,23,27). The highest BCUT2D eigenvalue weighted by Crippen LogP contribution is 2.38. The van der Waals surface area contributed by atoms with Crippen molar-refractivity contribution in [3.8, 4) is 5.75 Å². The third-order valence-electron chi connectivity index (χ3n) is 5.36. The van der Waals surface area contributed by atoms with Gasteiger partial charge in [0, 0.05) is 36.3 Å². The average molecular weight is 412 g/mol. The van der Waals surface area contributed by atoms with Crippen molar-refractivity contribution < 1.29 is 14.3 Å². The van der Waals surface area contributed by atoms with E-state index in [1.165, 1.54) is 4.88 Å². The van der Waals surface area contributed by atoms with Gasteiger partial charge in [0.05, 0.1) is 18.3 Å². The second kappa shape index (κ2) is 8.29. The molecular weight excluding hydrogens is 386 g/mol. The van der Waals surface area contributed by atoms with E-state index in [1.54, 1.807) is 23.3 Å². The van der Waals surface area contributed by atoms with E-state index in [-0.39, 0.29) is 11.8 Å². The normalized spacial score (nSPS) is 14.0. The number of fused-ring (bicyclic) bond motifs is 1. The summed E-state index contributed by atoms with van der Waals surface area (Å²) >= 11 is 1.69. The highest BCUT2D eigenvalue weighted by Gasteiger charge is 2.31. The van der Waals surface area contributed by atoms with Gasteiger partial charge < -0.3 is 19.5 Å². The predicted molar refractivity (Wildman–Crippen MR) is 116 cm³/mol. The minimum Gasteiger partial charge on any atom is -0.497 e.